The first-order chi connectivity index (χ1) is 8.30. The van der Waals surface area contributed by atoms with Crippen molar-refractivity contribution in [1.82, 2.24) is 9.88 Å². The summed E-state index contributed by atoms with van der Waals surface area (Å²) in [6.45, 7) is 8.42. The van der Waals surface area contributed by atoms with Gasteiger partial charge in [-0.2, -0.15) is 5.26 Å². The fourth-order valence-electron chi connectivity index (χ4n) is 1.68. The van der Waals surface area contributed by atoms with Crippen molar-refractivity contribution in [3.05, 3.63) is 23.9 Å². The highest BCUT2D eigenvalue weighted by molar-refractivity contribution is 5.42. The molecule has 1 rings (SSSR count). The highest BCUT2D eigenvalue weighted by atomic mass is 15.1. The molecule has 0 saturated heterocycles. The lowest BCUT2D eigenvalue weighted by Crippen LogP contribution is -2.29. The van der Waals surface area contributed by atoms with Gasteiger partial charge in [0.05, 0.1) is 11.6 Å². The zero-order valence-corrected chi connectivity index (χ0v) is 10.6. The summed E-state index contributed by atoms with van der Waals surface area (Å²) in [6.07, 6.45) is 2.83. The third kappa shape index (κ3) is 4.83. The van der Waals surface area contributed by atoms with Crippen molar-refractivity contribution in [2.75, 3.05) is 31.5 Å². The number of anilines is 1. The van der Waals surface area contributed by atoms with Crippen LogP contribution in [0.1, 0.15) is 25.8 Å². The van der Waals surface area contributed by atoms with Gasteiger partial charge in [-0.15, -0.1) is 0 Å². The largest absolute Gasteiger partial charge is 0.369 e. The molecular weight excluding hydrogens is 212 g/mol. The summed E-state index contributed by atoms with van der Waals surface area (Å²) >= 11 is 0. The molecule has 17 heavy (non-hydrogen) atoms. The van der Waals surface area contributed by atoms with E-state index >= 15 is 0 Å². The summed E-state index contributed by atoms with van der Waals surface area (Å²) in [5.74, 6) is 0.775. The Labute approximate surface area is 103 Å². The van der Waals surface area contributed by atoms with Crippen LogP contribution in [0.5, 0.6) is 0 Å². The predicted octanol–water partition coefficient (Wildman–Crippen LogP) is 2.10. The van der Waals surface area contributed by atoms with Crippen LogP contribution in [0.3, 0.4) is 0 Å². The van der Waals surface area contributed by atoms with Crippen molar-refractivity contribution in [3.8, 4) is 6.07 Å². The van der Waals surface area contributed by atoms with Crippen LogP contribution in [0, 0.1) is 11.3 Å². The molecule has 0 fully saturated rings. The van der Waals surface area contributed by atoms with Crippen LogP contribution in [0.15, 0.2) is 18.3 Å². The first kappa shape index (κ1) is 13.5. The normalized spacial score (nSPS) is 10.2. The van der Waals surface area contributed by atoms with E-state index in [1.807, 2.05) is 0 Å². The van der Waals surface area contributed by atoms with Crippen LogP contribution < -0.4 is 5.32 Å². The molecule has 1 aromatic heterocycles. The maximum Gasteiger partial charge on any atom is 0.127 e. The molecule has 0 aliphatic rings. The molecule has 0 unspecified atom stereocenters. The Bertz CT molecular complexity index is 370. The van der Waals surface area contributed by atoms with Gasteiger partial charge in [-0.25, -0.2) is 4.98 Å². The smallest absolute Gasteiger partial charge is 0.127 e. The van der Waals surface area contributed by atoms with Crippen LogP contribution in [0.4, 0.5) is 5.82 Å². The molecule has 0 aliphatic carbocycles. The third-order valence-corrected chi connectivity index (χ3v) is 2.61. The molecule has 1 heterocycles. The van der Waals surface area contributed by atoms with Crippen LogP contribution in [-0.2, 0) is 0 Å². The van der Waals surface area contributed by atoms with Crippen LogP contribution >= 0.6 is 0 Å². The zero-order chi connectivity index (χ0) is 12.5. The Morgan fingerprint density at radius 2 is 2.24 bits per heavy atom. The maximum absolute atomic E-state index is 8.77. The SMILES string of the molecule is CCCN(CC)CCNc1cc(C#N)ccn1. The molecule has 1 aromatic rings. The summed E-state index contributed by atoms with van der Waals surface area (Å²) in [6, 6.07) is 5.59. The van der Waals surface area contributed by atoms with E-state index in [0.29, 0.717) is 5.56 Å². The second-order valence-electron chi connectivity index (χ2n) is 3.90. The Hall–Kier alpha value is -1.60. The van der Waals surface area contributed by atoms with Gasteiger partial charge in [0.2, 0.25) is 0 Å². The lowest BCUT2D eigenvalue weighted by atomic mass is 10.3. The van der Waals surface area contributed by atoms with Crippen LogP contribution in [-0.4, -0.2) is 36.1 Å². The number of hydrogen-bond donors (Lipinski definition) is 1. The fourth-order valence-corrected chi connectivity index (χ4v) is 1.68. The summed E-state index contributed by atoms with van der Waals surface area (Å²) < 4.78 is 0. The molecule has 0 spiro atoms. The molecule has 92 valence electrons. The van der Waals surface area contributed by atoms with E-state index in [1.54, 1.807) is 18.3 Å². The Balaban J connectivity index is 2.37. The molecule has 0 atom stereocenters. The van der Waals surface area contributed by atoms with Gasteiger partial charge in [0, 0.05) is 19.3 Å². The van der Waals surface area contributed by atoms with Gasteiger partial charge in [-0.1, -0.05) is 13.8 Å². The molecule has 1 N–H and O–H groups in total. The number of pyridine rings is 1. The summed E-state index contributed by atoms with van der Waals surface area (Å²) in [5.41, 5.74) is 0.642. The predicted molar refractivity (Wildman–Crippen MR) is 69.8 cm³/mol. The Morgan fingerprint density at radius 3 is 2.88 bits per heavy atom. The minimum atomic E-state index is 0.642. The number of aromatic nitrogens is 1. The zero-order valence-electron chi connectivity index (χ0n) is 10.6. The quantitative estimate of drug-likeness (QED) is 0.782. The third-order valence-electron chi connectivity index (χ3n) is 2.61. The number of likely N-dealkylation sites (N-methyl/N-ethyl adjacent to an activating group) is 1. The molecule has 0 amide bonds. The van der Waals surface area contributed by atoms with E-state index in [1.165, 1.54) is 6.42 Å². The minimum absolute atomic E-state index is 0.642. The number of rotatable bonds is 7. The maximum atomic E-state index is 8.77. The average Bonchev–Trinajstić information content (AvgIpc) is 2.38. The fraction of sp³-hybridized carbons (Fsp3) is 0.538. The van der Waals surface area contributed by atoms with Gasteiger partial charge in [-0.05, 0) is 31.6 Å². The lowest BCUT2D eigenvalue weighted by Gasteiger charge is -2.19. The number of nitriles is 1. The highest BCUT2D eigenvalue weighted by Gasteiger charge is 2.00. The molecular formula is C13H20N4. The van der Waals surface area contributed by atoms with E-state index in [2.05, 4.69) is 35.1 Å². The van der Waals surface area contributed by atoms with E-state index in [4.69, 9.17) is 5.26 Å². The monoisotopic (exact) mass is 232 g/mol. The van der Waals surface area contributed by atoms with Gasteiger partial charge >= 0.3 is 0 Å². The summed E-state index contributed by atoms with van der Waals surface area (Å²) in [4.78, 5) is 6.57. The number of hydrogen-bond acceptors (Lipinski definition) is 4. The van der Waals surface area contributed by atoms with Gasteiger partial charge in [0.15, 0.2) is 0 Å². The van der Waals surface area contributed by atoms with Crippen molar-refractivity contribution in [1.29, 1.82) is 5.26 Å². The molecule has 0 aromatic carbocycles. The Kier molecular flexibility index (Phi) is 6.05. The van der Waals surface area contributed by atoms with Gasteiger partial charge in [0.25, 0.3) is 0 Å². The van der Waals surface area contributed by atoms with Crippen molar-refractivity contribution in [2.45, 2.75) is 20.3 Å². The second kappa shape index (κ2) is 7.64. The van der Waals surface area contributed by atoms with Gasteiger partial charge < -0.3 is 10.2 Å². The van der Waals surface area contributed by atoms with Crippen molar-refractivity contribution in [2.24, 2.45) is 0 Å². The standard InChI is InChI=1S/C13H20N4/c1-3-8-17(4-2)9-7-16-13-10-12(11-14)5-6-15-13/h5-6,10H,3-4,7-9H2,1-2H3,(H,15,16). The summed E-state index contributed by atoms with van der Waals surface area (Å²) in [5, 5.41) is 12.0. The first-order valence-corrected chi connectivity index (χ1v) is 6.12. The summed E-state index contributed by atoms with van der Waals surface area (Å²) in [7, 11) is 0. The van der Waals surface area contributed by atoms with Crippen molar-refractivity contribution >= 4 is 5.82 Å². The molecule has 0 saturated carbocycles. The van der Waals surface area contributed by atoms with Gasteiger partial charge in [0.1, 0.15) is 5.82 Å². The Morgan fingerprint density at radius 1 is 1.41 bits per heavy atom. The van der Waals surface area contributed by atoms with E-state index in [-0.39, 0.29) is 0 Å². The topological polar surface area (TPSA) is 52.0 Å². The first-order valence-electron chi connectivity index (χ1n) is 6.12. The molecule has 0 bridgehead atoms. The van der Waals surface area contributed by atoms with Gasteiger partial charge in [-0.3, -0.25) is 0 Å². The molecule has 4 heteroatoms. The van der Waals surface area contributed by atoms with Crippen molar-refractivity contribution < 1.29 is 0 Å². The molecule has 4 nitrogen and oxygen atoms in total. The number of nitrogens with zero attached hydrogens (tertiary/aromatic N) is 3. The second-order valence-corrected chi connectivity index (χ2v) is 3.90. The molecule has 0 radical (unpaired) electrons. The molecule has 0 aliphatic heterocycles. The van der Waals surface area contributed by atoms with E-state index < -0.39 is 0 Å². The lowest BCUT2D eigenvalue weighted by molar-refractivity contribution is 0.300. The highest BCUT2D eigenvalue weighted by Crippen LogP contribution is 2.04. The number of nitrogens with one attached hydrogen (secondary N) is 1. The van der Waals surface area contributed by atoms with Crippen LogP contribution in [0.25, 0.3) is 0 Å². The van der Waals surface area contributed by atoms with E-state index in [9.17, 15) is 0 Å². The van der Waals surface area contributed by atoms with E-state index in [0.717, 1.165) is 32.0 Å². The minimum Gasteiger partial charge on any atom is -0.369 e. The average molecular weight is 232 g/mol. The van der Waals surface area contributed by atoms with Crippen LogP contribution in [0.2, 0.25) is 0 Å². The van der Waals surface area contributed by atoms with Crippen molar-refractivity contribution in [3.63, 3.8) is 0 Å².